The molecule has 2 aromatic rings. The van der Waals surface area contributed by atoms with Crippen molar-refractivity contribution in [3.05, 3.63) is 43.7 Å². The number of carbonyl (C=O) groups excluding carboxylic acids is 1. The number of aliphatic hydroxyl groups is 1. The first-order valence-corrected chi connectivity index (χ1v) is 9.05. The van der Waals surface area contributed by atoms with Crippen LogP contribution in [0.25, 0.3) is 0 Å². The van der Waals surface area contributed by atoms with Gasteiger partial charge in [0, 0.05) is 22.8 Å². The van der Waals surface area contributed by atoms with E-state index in [0.29, 0.717) is 16.3 Å². The second-order valence-corrected chi connectivity index (χ2v) is 7.72. The first-order chi connectivity index (χ1) is 10.1. The van der Waals surface area contributed by atoms with E-state index in [1.165, 1.54) is 11.3 Å². The van der Waals surface area contributed by atoms with E-state index in [2.05, 4.69) is 0 Å². The number of carbonyl (C=O) groups is 1. The van der Waals surface area contributed by atoms with Crippen LogP contribution in [0.3, 0.4) is 0 Å². The number of rotatable bonds is 4. The van der Waals surface area contributed by atoms with Crippen molar-refractivity contribution in [2.45, 2.75) is 31.4 Å². The average Bonchev–Trinajstić information content (AvgIpc) is 3.18. The predicted octanol–water partition coefficient (Wildman–Crippen LogP) is 4.19. The third kappa shape index (κ3) is 3.31. The molecule has 2 atom stereocenters. The number of nitrogens with zero attached hydrogens (tertiary/aromatic N) is 1. The van der Waals surface area contributed by atoms with E-state index in [1.807, 2.05) is 22.4 Å². The van der Waals surface area contributed by atoms with Gasteiger partial charge in [-0.2, -0.15) is 0 Å². The van der Waals surface area contributed by atoms with Gasteiger partial charge in [0.05, 0.1) is 16.0 Å². The van der Waals surface area contributed by atoms with E-state index in [0.717, 1.165) is 24.3 Å². The third-order valence-corrected chi connectivity index (χ3v) is 5.88. The SMILES string of the molecule is O=C(c1csc(Cl)c1)N1CCCC1CC(O)c1cccs1. The molecule has 6 heteroatoms. The third-order valence-electron chi connectivity index (χ3n) is 3.82. The summed E-state index contributed by atoms with van der Waals surface area (Å²) in [6, 6.07) is 5.70. The summed E-state index contributed by atoms with van der Waals surface area (Å²) in [5.74, 6) is 0.0269. The number of halogens is 1. The lowest BCUT2D eigenvalue weighted by Gasteiger charge is -2.26. The normalized spacial score (nSPS) is 19.9. The van der Waals surface area contributed by atoms with Crippen molar-refractivity contribution < 1.29 is 9.90 Å². The van der Waals surface area contributed by atoms with Crippen molar-refractivity contribution in [3.63, 3.8) is 0 Å². The molecule has 1 saturated heterocycles. The minimum Gasteiger partial charge on any atom is -0.387 e. The molecule has 1 amide bonds. The fraction of sp³-hybridized carbons (Fsp3) is 0.400. The van der Waals surface area contributed by atoms with Crippen molar-refractivity contribution >= 4 is 40.2 Å². The van der Waals surface area contributed by atoms with Gasteiger partial charge >= 0.3 is 0 Å². The van der Waals surface area contributed by atoms with Crippen molar-refractivity contribution in [3.8, 4) is 0 Å². The summed E-state index contributed by atoms with van der Waals surface area (Å²) in [5.41, 5.74) is 0.655. The van der Waals surface area contributed by atoms with Crippen LogP contribution in [0.2, 0.25) is 4.34 Å². The summed E-state index contributed by atoms with van der Waals surface area (Å²) in [7, 11) is 0. The highest BCUT2D eigenvalue weighted by Gasteiger charge is 2.31. The Kier molecular flexibility index (Phi) is 4.64. The molecule has 3 rings (SSSR count). The molecule has 112 valence electrons. The van der Waals surface area contributed by atoms with Gasteiger partial charge in [-0.05, 0) is 36.8 Å². The molecule has 2 aromatic heterocycles. The van der Waals surface area contributed by atoms with Gasteiger partial charge in [0.2, 0.25) is 0 Å². The van der Waals surface area contributed by atoms with Crippen LogP contribution < -0.4 is 0 Å². The van der Waals surface area contributed by atoms with Crippen LogP contribution in [-0.2, 0) is 0 Å². The summed E-state index contributed by atoms with van der Waals surface area (Å²) in [6.45, 7) is 0.758. The highest BCUT2D eigenvalue weighted by Crippen LogP contribution is 2.31. The molecule has 1 aliphatic heterocycles. The van der Waals surface area contributed by atoms with Gasteiger partial charge in [-0.25, -0.2) is 0 Å². The van der Waals surface area contributed by atoms with Crippen LogP contribution in [-0.4, -0.2) is 28.5 Å². The van der Waals surface area contributed by atoms with Gasteiger partial charge < -0.3 is 10.0 Å². The van der Waals surface area contributed by atoms with Crippen LogP contribution in [0.15, 0.2) is 29.0 Å². The minimum atomic E-state index is -0.491. The van der Waals surface area contributed by atoms with Gasteiger partial charge in [-0.15, -0.1) is 22.7 Å². The van der Waals surface area contributed by atoms with Crippen LogP contribution in [0, 0.1) is 0 Å². The maximum atomic E-state index is 12.5. The van der Waals surface area contributed by atoms with Crippen molar-refractivity contribution in [2.75, 3.05) is 6.54 Å². The zero-order valence-corrected chi connectivity index (χ0v) is 13.8. The summed E-state index contributed by atoms with van der Waals surface area (Å²) >= 11 is 8.84. The van der Waals surface area contributed by atoms with E-state index >= 15 is 0 Å². The molecule has 3 heterocycles. The highest BCUT2D eigenvalue weighted by molar-refractivity contribution is 7.14. The first kappa shape index (κ1) is 15.0. The number of aliphatic hydroxyl groups excluding tert-OH is 1. The summed E-state index contributed by atoms with van der Waals surface area (Å²) in [6.07, 6.45) is 2.05. The molecular weight excluding hydrogens is 326 g/mol. The smallest absolute Gasteiger partial charge is 0.255 e. The minimum absolute atomic E-state index is 0.0269. The first-order valence-electron chi connectivity index (χ1n) is 6.91. The Morgan fingerprint density at radius 2 is 2.38 bits per heavy atom. The van der Waals surface area contributed by atoms with Crippen LogP contribution in [0.5, 0.6) is 0 Å². The molecular formula is C15H16ClNO2S2. The summed E-state index contributed by atoms with van der Waals surface area (Å²) in [5, 5.41) is 14.1. The summed E-state index contributed by atoms with van der Waals surface area (Å²) in [4.78, 5) is 15.4. The standard InChI is InChI=1S/C15H16ClNO2S2/c16-14-7-10(9-21-14)15(19)17-5-1-3-11(17)8-12(18)13-4-2-6-20-13/h2,4,6-7,9,11-12,18H,1,3,5,8H2. The average molecular weight is 342 g/mol. The Balaban J connectivity index is 1.69. The van der Waals surface area contributed by atoms with Crippen LogP contribution >= 0.6 is 34.3 Å². The molecule has 0 aliphatic carbocycles. The van der Waals surface area contributed by atoms with E-state index < -0.39 is 6.10 Å². The van der Waals surface area contributed by atoms with Crippen LogP contribution in [0.1, 0.15) is 40.6 Å². The van der Waals surface area contributed by atoms with Gasteiger partial charge in [-0.3, -0.25) is 4.79 Å². The van der Waals surface area contributed by atoms with E-state index in [4.69, 9.17) is 11.6 Å². The molecule has 1 N–H and O–H groups in total. The maximum Gasteiger partial charge on any atom is 0.255 e. The number of hydrogen-bond donors (Lipinski definition) is 1. The molecule has 0 saturated carbocycles. The molecule has 21 heavy (non-hydrogen) atoms. The second-order valence-electron chi connectivity index (χ2n) is 5.20. The van der Waals surface area contributed by atoms with Gasteiger partial charge in [-0.1, -0.05) is 17.7 Å². The zero-order chi connectivity index (χ0) is 14.8. The van der Waals surface area contributed by atoms with Crippen molar-refractivity contribution in [2.24, 2.45) is 0 Å². The number of likely N-dealkylation sites (tertiary alicyclic amines) is 1. The molecule has 1 fully saturated rings. The fourth-order valence-corrected chi connectivity index (χ4v) is 4.37. The lowest BCUT2D eigenvalue weighted by molar-refractivity contribution is 0.0670. The monoisotopic (exact) mass is 341 g/mol. The quantitative estimate of drug-likeness (QED) is 0.905. The Bertz CT molecular complexity index is 611. The van der Waals surface area contributed by atoms with E-state index in [1.54, 1.807) is 22.8 Å². The lowest BCUT2D eigenvalue weighted by atomic mass is 10.1. The number of amides is 1. The van der Waals surface area contributed by atoms with Crippen molar-refractivity contribution in [1.29, 1.82) is 0 Å². The summed E-state index contributed by atoms with van der Waals surface area (Å²) < 4.78 is 0.632. The van der Waals surface area contributed by atoms with Crippen LogP contribution in [0.4, 0.5) is 0 Å². The number of thiophene rings is 2. The molecule has 0 aromatic carbocycles. The maximum absolute atomic E-state index is 12.5. The lowest BCUT2D eigenvalue weighted by Crippen LogP contribution is -2.36. The van der Waals surface area contributed by atoms with E-state index in [9.17, 15) is 9.90 Å². The van der Waals surface area contributed by atoms with Gasteiger partial charge in [0.25, 0.3) is 5.91 Å². The Morgan fingerprint density at radius 3 is 3.05 bits per heavy atom. The predicted molar refractivity (Wildman–Crippen MR) is 87.3 cm³/mol. The largest absolute Gasteiger partial charge is 0.387 e. The zero-order valence-electron chi connectivity index (χ0n) is 11.4. The number of hydrogen-bond acceptors (Lipinski definition) is 4. The second kappa shape index (κ2) is 6.48. The topological polar surface area (TPSA) is 40.5 Å². The highest BCUT2D eigenvalue weighted by atomic mass is 35.5. The Morgan fingerprint density at radius 1 is 1.52 bits per heavy atom. The molecule has 0 bridgehead atoms. The molecule has 0 spiro atoms. The van der Waals surface area contributed by atoms with Gasteiger partial charge in [0.15, 0.2) is 0 Å². The van der Waals surface area contributed by atoms with E-state index in [-0.39, 0.29) is 11.9 Å². The molecule has 2 unspecified atom stereocenters. The fourth-order valence-electron chi connectivity index (χ4n) is 2.79. The molecule has 1 aliphatic rings. The van der Waals surface area contributed by atoms with Crippen molar-refractivity contribution in [1.82, 2.24) is 4.90 Å². The Hall–Kier alpha value is -0.880. The molecule has 3 nitrogen and oxygen atoms in total. The molecule has 0 radical (unpaired) electrons. The Labute approximate surface area is 136 Å². The van der Waals surface area contributed by atoms with Gasteiger partial charge in [0.1, 0.15) is 0 Å².